The molecular weight excluding hydrogens is 301 g/mol. The minimum absolute atomic E-state index is 0. The summed E-state index contributed by atoms with van der Waals surface area (Å²) in [6.45, 7) is 2.77. The molecule has 0 amide bonds. The Kier molecular flexibility index (Phi) is 6.97. The molecule has 1 atom stereocenters. The van der Waals surface area contributed by atoms with Gasteiger partial charge in [-0.1, -0.05) is 12.1 Å². The molecule has 1 N–H and O–H groups in total. The molecule has 0 radical (unpaired) electrons. The topological polar surface area (TPSA) is 15.3 Å². The number of halogens is 4. The molecule has 1 aliphatic heterocycles. The van der Waals surface area contributed by atoms with Crippen LogP contribution in [0.1, 0.15) is 30.4 Å². The van der Waals surface area contributed by atoms with Gasteiger partial charge in [0, 0.05) is 12.6 Å². The molecule has 0 aromatic heterocycles. The number of alkyl halides is 3. The summed E-state index contributed by atoms with van der Waals surface area (Å²) >= 11 is 0. The Bertz CT molecular complexity index is 412. The normalized spacial score (nSPS) is 20.0. The van der Waals surface area contributed by atoms with Gasteiger partial charge in [0.15, 0.2) is 0 Å². The van der Waals surface area contributed by atoms with Gasteiger partial charge in [-0.25, -0.2) is 0 Å². The summed E-state index contributed by atoms with van der Waals surface area (Å²) in [6.07, 6.45) is -0.860. The Balaban J connectivity index is 0.00000220. The van der Waals surface area contributed by atoms with Gasteiger partial charge in [0.1, 0.15) is 0 Å². The molecule has 0 aliphatic carbocycles. The molecule has 1 saturated heterocycles. The number of benzene rings is 1. The van der Waals surface area contributed by atoms with Crippen molar-refractivity contribution in [3.63, 3.8) is 0 Å². The molecule has 2 nitrogen and oxygen atoms in total. The molecule has 0 bridgehead atoms. The zero-order valence-corrected chi connectivity index (χ0v) is 12.9. The quantitative estimate of drug-likeness (QED) is 0.913. The van der Waals surface area contributed by atoms with E-state index in [2.05, 4.69) is 10.2 Å². The van der Waals surface area contributed by atoms with Crippen LogP contribution in [0.3, 0.4) is 0 Å². The Morgan fingerprint density at radius 3 is 2.43 bits per heavy atom. The first-order valence-electron chi connectivity index (χ1n) is 7.04. The Labute approximate surface area is 130 Å². The van der Waals surface area contributed by atoms with Gasteiger partial charge in [0.2, 0.25) is 0 Å². The first kappa shape index (κ1) is 18.3. The lowest BCUT2D eigenvalue weighted by atomic mass is 10.1. The summed E-state index contributed by atoms with van der Waals surface area (Å²) in [5.41, 5.74) is 0.347. The van der Waals surface area contributed by atoms with E-state index in [0.29, 0.717) is 12.6 Å². The highest BCUT2D eigenvalue weighted by Crippen LogP contribution is 2.29. The summed E-state index contributed by atoms with van der Waals surface area (Å²) in [5.74, 6) is 0. The van der Waals surface area contributed by atoms with Crippen LogP contribution in [-0.2, 0) is 12.7 Å². The van der Waals surface area contributed by atoms with Crippen molar-refractivity contribution >= 4 is 12.4 Å². The molecule has 120 valence electrons. The van der Waals surface area contributed by atoms with Crippen molar-refractivity contribution in [3.8, 4) is 0 Å². The zero-order chi connectivity index (χ0) is 14.6. The van der Waals surface area contributed by atoms with Crippen LogP contribution in [0, 0.1) is 0 Å². The smallest absolute Gasteiger partial charge is 0.317 e. The van der Waals surface area contributed by atoms with Crippen LogP contribution in [0.5, 0.6) is 0 Å². The highest BCUT2D eigenvalue weighted by atomic mass is 35.5. The minimum Gasteiger partial charge on any atom is -0.317 e. The predicted molar refractivity (Wildman–Crippen MR) is 80.7 cm³/mol. The molecular formula is C15H22ClF3N2. The molecule has 1 heterocycles. The zero-order valence-electron chi connectivity index (χ0n) is 12.1. The molecule has 0 spiro atoms. The third kappa shape index (κ3) is 5.49. The fourth-order valence-electron chi connectivity index (χ4n) is 2.66. The van der Waals surface area contributed by atoms with Crippen molar-refractivity contribution in [1.29, 1.82) is 0 Å². The Morgan fingerprint density at radius 2 is 1.81 bits per heavy atom. The lowest BCUT2D eigenvalue weighted by Gasteiger charge is -2.27. The molecule has 1 aromatic rings. The van der Waals surface area contributed by atoms with Gasteiger partial charge in [-0.15, -0.1) is 12.4 Å². The average molecular weight is 323 g/mol. The van der Waals surface area contributed by atoms with Gasteiger partial charge in [-0.3, -0.25) is 4.90 Å². The van der Waals surface area contributed by atoms with Gasteiger partial charge in [-0.05, 0) is 57.1 Å². The van der Waals surface area contributed by atoms with Crippen molar-refractivity contribution in [1.82, 2.24) is 10.2 Å². The van der Waals surface area contributed by atoms with E-state index in [-0.39, 0.29) is 12.4 Å². The third-order valence-electron chi connectivity index (χ3n) is 3.88. The summed E-state index contributed by atoms with van der Waals surface area (Å²) in [6, 6.07) is 5.99. The molecule has 1 aromatic carbocycles. The van der Waals surface area contributed by atoms with Gasteiger partial charge in [-0.2, -0.15) is 13.2 Å². The number of rotatable bonds is 3. The fraction of sp³-hybridized carbons (Fsp3) is 0.600. The lowest BCUT2D eigenvalue weighted by molar-refractivity contribution is -0.137. The number of nitrogens with zero attached hydrogens (tertiary/aromatic N) is 1. The van der Waals surface area contributed by atoms with Crippen LogP contribution >= 0.6 is 12.4 Å². The van der Waals surface area contributed by atoms with Crippen LogP contribution in [0.15, 0.2) is 24.3 Å². The highest BCUT2D eigenvalue weighted by Gasteiger charge is 2.30. The fourth-order valence-corrected chi connectivity index (χ4v) is 2.66. The van der Waals surface area contributed by atoms with Crippen LogP contribution in [0.4, 0.5) is 13.2 Å². The number of hydrogen-bond donors (Lipinski definition) is 1. The molecule has 1 unspecified atom stereocenters. The van der Waals surface area contributed by atoms with E-state index in [9.17, 15) is 13.2 Å². The van der Waals surface area contributed by atoms with Crippen molar-refractivity contribution < 1.29 is 13.2 Å². The maximum Gasteiger partial charge on any atom is 0.416 e. The summed E-state index contributed by atoms with van der Waals surface area (Å²) in [4.78, 5) is 2.25. The van der Waals surface area contributed by atoms with Crippen LogP contribution < -0.4 is 5.32 Å². The molecule has 2 rings (SSSR count). The molecule has 1 fully saturated rings. The summed E-state index contributed by atoms with van der Waals surface area (Å²) in [7, 11) is 2.05. The van der Waals surface area contributed by atoms with Gasteiger partial charge in [0.05, 0.1) is 5.56 Å². The number of hydrogen-bond acceptors (Lipinski definition) is 2. The highest BCUT2D eigenvalue weighted by molar-refractivity contribution is 5.85. The molecule has 6 heteroatoms. The first-order chi connectivity index (χ1) is 9.47. The van der Waals surface area contributed by atoms with E-state index in [1.807, 2.05) is 7.05 Å². The molecule has 21 heavy (non-hydrogen) atoms. The average Bonchev–Trinajstić information content (AvgIpc) is 2.67. The van der Waals surface area contributed by atoms with Crippen LogP contribution in [0.2, 0.25) is 0 Å². The lowest BCUT2D eigenvalue weighted by Crippen LogP contribution is -2.32. The maximum absolute atomic E-state index is 12.5. The summed E-state index contributed by atoms with van der Waals surface area (Å²) < 4.78 is 37.5. The SMILES string of the molecule is CN(Cc1ccc(C(F)(F)F)cc1)C1CCCNCC1.Cl. The molecule has 0 saturated carbocycles. The molecule has 1 aliphatic rings. The van der Waals surface area contributed by atoms with Crippen LogP contribution in [0.25, 0.3) is 0 Å². The third-order valence-corrected chi connectivity index (χ3v) is 3.88. The number of nitrogens with one attached hydrogen (secondary N) is 1. The maximum atomic E-state index is 12.5. The second-order valence-corrected chi connectivity index (χ2v) is 5.44. The van der Waals surface area contributed by atoms with Gasteiger partial charge >= 0.3 is 6.18 Å². The Hall–Kier alpha value is -0.780. The van der Waals surface area contributed by atoms with Crippen molar-refractivity contribution in [2.45, 2.75) is 38.0 Å². The van der Waals surface area contributed by atoms with E-state index in [1.165, 1.54) is 0 Å². The van der Waals surface area contributed by atoms with E-state index in [4.69, 9.17) is 0 Å². The Morgan fingerprint density at radius 1 is 1.14 bits per heavy atom. The first-order valence-corrected chi connectivity index (χ1v) is 7.04. The van der Waals surface area contributed by atoms with E-state index < -0.39 is 11.7 Å². The second kappa shape index (κ2) is 8.01. The van der Waals surface area contributed by atoms with Crippen molar-refractivity contribution in [2.24, 2.45) is 0 Å². The van der Waals surface area contributed by atoms with Gasteiger partial charge in [0.25, 0.3) is 0 Å². The largest absolute Gasteiger partial charge is 0.416 e. The van der Waals surface area contributed by atoms with E-state index >= 15 is 0 Å². The second-order valence-electron chi connectivity index (χ2n) is 5.44. The van der Waals surface area contributed by atoms with E-state index in [1.54, 1.807) is 12.1 Å². The minimum atomic E-state index is -4.25. The summed E-state index contributed by atoms with van der Waals surface area (Å²) in [5, 5.41) is 3.37. The monoisotopic (exact) mass is 322 g/mol. The van der Waals surface area contributed by atoms with E-state index in [0.717, 1.165) is 50.0 Å². The van der Waals surface area contributed by atoms with Crippen molar-refractivity contribution in [2.75, 3.05) is 20.1 Å². The van der Waals surface area contributed by atoms with Crippen LogP contribution in [-0.4, -0.2) is 31.1 Å². The predicted octanol–water partition coefficient (Wildman–Crippen LogP) is 3.70. The van der Waals surface area contributed by atoms with Crippen molar-refractivity contribution in [3.05, 3.63) is 35.4 Å². The van der Waals surface area contributed by atoms with Gasteiger partial charge < -0.3 is 5.32 Å². The standard InChI is InChI=1S/C15H21F3N2.ClH/c1-20(14-3-2-9-19-10-8-14)11-12-4-6-13(7-5-12)15(16,17)18;/h4-7,14,19H,2-3,8-11H2,1H3;1H.